The Balaban J connectivity index is 2.54. The molecule has 0 N–H and O–H groups in total. The normalized spacial score (nSPS) is 18.1. The van der Waals surface area contributed by atoms with Crippen molar-refractivity contribution in [2.75, 3.05) is 19.0 Å². The zero-order chi connectivity index (χ0) is 12.7. The van der Waals surface area contributed by atoms with Crippen molar-refractivity contribution in [1.82, 2.24) is 4.90 Å². The van der Waals surface area contributed by atoms with Crippen LogP contribution in [-0.2, 0) is 4.79 Å². The molecule has 100 valence electrons. The lowest BCUT2D eigenvalue weighted by molar-refractivity contribution is -0.137. The minimum atomic E-state index is -2.48. The van der Waals surface area contributed by atoms with Crippen LogP contribution in [0.25, 0.3) is 0 Å². The summed E-state index contributed by atoms with van der Waals surface area (Å²) in [7, 11) is 0. The summed E-state index contributed by atoms with van der Waals surface area (Å²) in [6, 6.07) is 0. The first-order valence-electron chi connectivity index (χ1n) is 6.28. The molecule has 17 heavy (non-hydrogen) atoms. The minimum absolute atomic E-state index is 0.0699. The summed E-state index contributed by atoms with van der Waals surface area (Å²) in [5.74, 6) is 0.0119. The van der Waals surface area contributed by atoms with Gasteiger partial charge in [0.05, 0.1) is 6.54 Å². The van der Waals surface area contributed by atoms with Gasteiger partial charge in [-0.25, -0.2) is 8.78 Å². The molecule has 0 aliphatic heterocycles. The molecular formula is C12H20ClF2NO. The SMILES string of the molecule is O=C(C1CCCCCC1)N(CCCl)CC(F)F. The van der Waals surface area contributed by atoms with Gasteiger partial charge in [0.15, 0.2) is 0 Å². The van der Waals surface area contributed by atoms with E-state index in [1.165, 1.54) is 4.90 Å². The molecule has 1 aliphatic carbocycles. The first kappa shape index (κ1) is 14.7. The number of rotatable bonds is 5. The van der Waals surface area contributed by atoms with Gasteiger partial charge in [-0.1, -0.05) is 25.7 Å². The van der Waals surface area contributed by atoms with Crippen LogP contribution in [0.15, 0.2) is 0 Å². The van der Waals surface area contributed by atoms with Gasteiger partial charge in [-0.05, 0) is 12.8 Å². The molecular weight excluding hydrogens is 248 g/mol. The highest BCUT2D eigenvalue weighted by Crippen LogP contribution is 2.24. The minimum Gasteiger partial charge on any atom is -0.336 e. The van der Waals surface area contributed by atoms with Gasteiger partial charge in [0, 0.05) is 18.3 Å². The van der Waals surface area contributed by atoms with Crippen molar-refractivity contribution in [1.29, 1.82) is 0 Å². The predicted molar refractivity (Wildman–Crippen MR) is 64.5 cm³/mol. The summed E-state index contributed by atoms with van der Waals surface area (Å²) in [5, 5.41) is 0. The smallest absolute Gasteiger partial charge is 0.255 e. The number of halogens is 3. The fourth-order valence-electron chi connectivity index (χ4n) is 2.34. The predicted octanol–water partition coefficient (Wildman–Crippen LogP) is 3.29. The lowest BCUT2D eigenvalue weighted by Crippen LogP contribution is -2.40. The van der Waals surface area contributed by atoms with Crippen molar-refractivity contribution in [3.63, 3.8) is 0 Å². The van der Waals surface area contributed by atoms with E-state index in [4.69, 9.17) is 11.6 Å². The number of amides is 1. The monoisotopic (exact) mass is 267 g/mol. The molecule has 0 aromatic rings. The van der Waals surface area contributed by atoms with Crippen molar-refractivity contribution >= 4 is 17.5 Å². The maximum absolute atomic E-state index is 12.4. The number of carbonyl (C=O) groups excluding carboxylic acids is 1. The van der Waals surface area contributed by atoms with Crippen molar-refractivity contribution in [2.45, 2.75) is 45.0 Å². The van der Waals surface area contributed by atoms with Gasteiger partial charge in [-0.15, -0.1) is 11.6 Å². The molecule has 5 heteroatoms. The van der Waals surface area contributed by atoms with Crippen molar-refractivity contribution in [2.24, 2.45) is 5.92 Å². The van der Waals surface area contributed by atoms with E-state index in [0.29, 0.717) is 0 Å². The highest BCUT2D eigenvalue weighted by molar-refractivity contribution is 6.18. The summed E-state index contributed by atoms with van der Waals surface area (Å²) in [4.78, 5) is 13.3. The first-order valence-corrected chi connectivity index (χ1v) is 6.81. The summed E-state index contributed by atoms with van der Waals surface area (Å²) < 4.78 is 24.8. The van der Waals surface area contributed by atoms with E-state index in [9.17, 15) is 13.6 Å². The van der Waals surface area contributed by atoms with Crippen molar-refractivity contribution in [3.05, 3.63) is 0 Å². The molecule has 0 heterocycles. The number of carbonyl (C=O) groups is 1. The molecule has 0 atom stereocenters. The van der Waals surface area contributed by atoms with E-state index in [0.717, 1.165) is 38.5 Å². The lowest BCUT2D eigenvalue weighted by atomic mass is 9.98. The van der Waals surface area contributed by atoms with Gasteiger partial charge in [0.1, 0.15) is 0 Å². The molecule has 0 unspecified atom stereocenters. The largest absolute Gasteiger partial charge is 0.336 e. The molecule has 0 aromatic carbocycles. The quantitative estimate of drug-likeness (QED) is 0.553. The van der Waals surface area contributed by atoms with Gasteiger partial charge in [-0.2, -0.15) is 0 Å². The second-order valence-electron chi connectivity index (χ2n) is 4.55. The Morgan fingerprint density at radius 2 is 1.82 bits per heavy atom. The van der Waals surface area contributed by atoms with E-state index in [-0.39, 0.29) is 24.2 Å². The summed E-state index contributed by atoms with van der Waals surface area (Å²) in [5.41, 5.74) is 0. The number of hydrogen-bond donors (Lipinski definition) is 0. The zero-order valence-electron chi connectivity index (χ0n) is 10.0. The summed E-state index contributed by atoms with van der Waals surface area (Å²) in [6.07, 6.45) is 3.54. The van der Waals surface area contributed by atoms with E-state index in [2.05, 4.69) is 0 Å². The highest BCUT2D eigenvalue weighted by atomic mass is 35.5. The molecule has 1 fully saturated rings. The van der Waals surface area contributed by atoms with Crippen LogP contribution in [0.1, 0.15) is 38.5 Å². The van der Waals surface area contributed by atoms with E-state index < -0.39 is 13.0 Å². The molecule has 0 radical (unpaired) electrons. The third-order valence-corrected chi connectivity index (χ3v) is 3.40. The third kappa shape index (κ3) is 5.19. The van der Waals surface area contributed by atoms with Gasteiger partial charge in [0.25, 0.3) is 6.43 Å². The molecule has 1 saturated carbocycles. The van der Waals surface area contributed by atoms with Crippen LogP contribution in [0.5, 0.6) is 0 Å². The van der Waals surface area contributed by atoms with Gasteiger partial charge < -0.3 is 4.90 Å². The Morgan fingerprint density at radius 3 is 2.29 bits per heavy atom. The molecule has 1 rings (SSSR count). The fraction of sp³-hybridized carbons (Fsp3) is 0.917. The third-order valence-electron chi connectivity index (χ3n) is 3.23. The Labute approximate surface area is 106 Å². The first-order chi connectivity index (χ1) is 8.15. The maximum atomic E-state index is 12.4. The fourth-order valence-corrected chi connectivity index (χ4v) is 2.55. The summed E-state index contributed by atoms with van der Waals surface area (Å²) in [6.45, 7) is -0.261. The van der Waals surface area contributed by atoms with Crippen LogP contribution in [-0.4, -0.2) is 36.2 Å². The van der Waals surface area contributed by atoms with Crippen LogP contribution in [0.4, 0.5) is 8.78 Å². The topological polar surface area (TPSA) is 20.3 Å². The van der Waals surface area contributed by atoms with Crippen molar-refractivity contribution in [3.8, 4) is 0 Å². The summed E-state index contributed by atoms with van der Waals surface area (Å²) >= 11 is 5.56. The van der Waals surface area contributed by atoms with Gasteiger partial charge in [-0.3, -0.25) is 4.79 Å². The molecule has 1 amide bonds. The van der Waals surface area contributed by atoms with E-state index >= 15 is 0 Å². The average molecular weight is 268 g/mol. The standard InChI is InChI=1S/C12H20ClF2NO/c13-7-8-16(9-11(14)15)12(17)10-5-3-1-2-4-6-10/h10-11H,1-9H2. The zero-order valence-corrected chi connectivity index (χ0v) is 10.8. The number of alkyl halides is 3. The highest BCUT2D eigenvalue weighted by Gasteiger charge is 2.26. The van der Waals surface area contributed by atoms with Gasteiger partial charge in [0.2, 0.25) is 5.91 Å². The number of hydrogen-bond acceptors (Lipinski definition) is 1. The Morgan fingerprint density at radius 1 is 1.24 bits per heavy atom. The van der Waals surface area contributed by atoms with Crippen LogP contribution >= 0.6 is 11.6 Å². The lowest BCUT2D eigenvalue weighted by Gasteiger charge is -2.25. The molecule has 0 aromatic heterocycles. The second kappa shape index (κ2) is 7.85. The Kier molecular flexibility index (Phi) is 6.78. The molecule has 0 bridgehead atoms. The molecule has 2 nitrogen and oxygen atoms in total. The molecule has 0 spiro atoms. The van der Waals surface area contributed by atoms with Crippen molar-refractivity contribution < 1.29 is 13.6 Å². The average Bonchev–Trinajstić information content (AvgIpc) is 2.55. The number of nitrogens with zero attached hydrogens (tertiary/aromatic N) is 1. The Hall–Kier alpha value is -0.380. The maximum Gasteiger partial charge on any atom is 0.255 e. The second-order valence-corrected chi connectivity index (χ2v) is 4.93. The Bertz CT molecular complexity index is 231. The van der Waals surface area contributed by atoms with Crippen LogP contribution in [0.3, 0.4) is 0 Å². The van der Waals surface area contributed by atoms with E-state index in [1.54, 1.807) is 0 Å². The van der Waals surface area contributed by atoms with Gasteiger partial charge >= 0.3 is 0 Å². The van der Waals surface area contributed by atoms with Crippen LogP contribution in [0.2, 0.25) is 0 Å². The van der Waals surface area contributed by atoms with Crippen LogP contribution in [0, 0.1) is 5.92 Å². The molecule has 1 aliphatic rings. The van der Waals surface area contributed by atoms with E-state index in [1.807, 2.05) is 0 Å². The van der Waals surface area contributed by atoms with Crippen LogP contribution < -0.4 is 0 Å². The molecule has 0 saturated heterocycles.